The molecule has 1 aromatic heterocycles. The molecule has 0 saturated heterocycles. The number of hydrogen-bond donors (Lipinski definition) is 0. The van der Waals surface area contributed by atoms with Gasteiger partial charge in [0.2, 0.25) is 5.69 Å². The molecule has 25 heavy (non-hydrogen) atoms. The number of rotatable bonds is 4. The van der Waals surface area contributed by atoms with Gasteiger partial charge >= 0.3 is 0 Å². The number of aryl methyl sites for hydroxylation is 1. The molecule has 0 radical (unpaired) electrons. The van der Waals surface area contributed by atoms with Crippen LogP contribution < -0.4 is 4.57 Å². The van der Waals surface area contributed by atoms with Gasteiger partial charge in [-0.2, -0.15) is 4.57 Å². The lowest BCUT2D eigenvalue weighted by atomic mass is 9.53. The summed E-state index contributed by atoms with van der Waals surface area (Å²) in [7, 11) is 0. The molecular weight excluding hydrogens is 316 g/mol. The fraction of sp³-hybridized carbons (Fsp3) is 0.591. The van der Waals surface area contributed by atoms with E-state index in [0.717, 1.165) is 43.0 Å². The number of allylic oxidation sites excluding steroid dienone is 4. The monoisotopic (exact) mass is 346 g/mol. The van der Waals surface area contributed by atoms with Crippen molar-refractivity contribution in [3.05, 3.63) is 47.3 Å². The van der Waals surface area contributed by atoms with Crippen LogP contribution in [-0.4, -0.2) is 0 Å². The van der Waals surface area contributed by atoms with Gasteiger partial charge in [0.15, 0.2) is 11.7 Å². The molecule has 1 nitrogen and oxygen atoms in total. The van der Waals surface area contributed by atoms with E-state index in [1.54, 1.807) is 0 Å². The molecule has 2 heterocycles. The molecule has 0 spiro atoms. The zero-order chi connectivity index (χ0) is 18.4. The predicted molar refractivity (Wildman–Crippen MR) is 98.3 cm³/mol. The van der Waals surface area contributed by atoms with Gasteiger partial charge in [-0.15, -0.1) is 0 Å². The minimum Gasteiger partial charge on any atom is -0.212 e. The molecular formula is C22H30F2N+. The summed E-state index contributed by atoms with van der Waals surface area (Å²) >= 11 is 0. The Hall–Kier alpha value is -1.51. The topological polar surface area (TPSA) is 3.88 Å². The first-order chi connectivity index (χ1) is 11.9. The van der Waals surface area contributed by atoms with Crippen molar-refractivity contribution < 1.29 is 13.3 Å². The van der Waals surface area contributed by atoms with Crippen LogP contribution in [0.4, 0.5) is 8.78 Å². The largest absolute Gasteiger partial charge is 0.215 e. The number of halogens is 2. The maximum atomic E-state index is 15.0. The standard InChI is InChI=1S/C22H30F2N/c1-6-11-22(8-3)21(5,7-2)17-13-16(23)14-18(24)19(17)20-15(4)10-9-12-25(20)22/h9-10,12,14,17H,6-8,11,13H2,1-5H3/q+1. The van der Waals surface area contributed by atoms with Gasteiger partial charge in [0.05, 0.1) is 5.57 Å². The van der Waals surface area contributed by atoms with Crippen LogP contribution in [0, 0.1) is 18.3 Å². The lowest BCUT2D eigenvalue weighted by Crippen LogP contribution is -2.71. The van der Waals surface area contributed by atoms with E-state index in [9.17, 15) is 8.78 Å². The van der Waals surface area contributed by atoms with Crippen LogP contribution in [0.25, 0.3) is 5.57 Å². The van der Waals surface area contributed by atoms with Crippen molar-refractivity contribution in [2.24, 2.45) is 11.3 Å². The van der Waals surface area contributed by atoms with E-state index < -0.39 is 5.83 Å². The summed E-state index contributed by atoms with van der Waals surface area (Å²) in [5, 5.41) is 0. The summed E-state index contributed by atoms with van der Waals surface area (Å²) in [6.45, 7) is 10.9. The van der Waals surface area contributed by atoms with Gasteiger partial charge in [0.25, 0.3) is 0 Å². The summed E-state index contributed by atoms with van der Waals surface area (Å²) < 4.78 is 31.6. The van der Waals surface area contributed by atoms with E-state index in [1.807, 2.05) is 13.0 Å². The summed E-state index contributed by atoms with van der Waals surface area (Å²) in [5.41, 5.74) is 2.44. The summed E-state index contributed by atoms with van der Waals surface area (Å²) in [6.07, 6.45) is 7.45. The summed E-state index contributed by atoms with van der Waals surface area (Å²) in [5.74, 6) is -0.831. The summed E-state index contributed by atoms with van der Waals surface area (Å²) in [4.78, 5) is 0. The number of fused-ring (bicyclic) bond motifs is 3. The number of aromatic nitrogens is 1. The Morgan fingerprint density at radius 2 is 1.92 bits per heavy atom. The molecule has 136 valence electrons. The van der Waals surface area contributed by atoms with Crippen LogP contribution in [0.1, 0.15) is 71.1 Å². The first kappa shape index (κ1) is 18.3. The van der Waals surface area contributed by atoms with Gasteiger partial charge in [0.1, 0.15) is 11.7 Å². The Morgan fingerprint density at radius 1 is 1.20 bits per heavy atom. The van der Waals surface area contributed by atoms with Crippen LogP contribution in [-0.2, 0) is 5.54 Å². The highest BCUT2D eigenvalue weighted by Crippen LogP contribution is 2.59. The van der Waals surface area contributed by atoms with E-state index in [2.05, 4.69) is 44.5 Å². The van der Waals surface area contributed by atoms with E-state index >= 15 is 0 Å². The Kier molecular flexibility index (Phi) is 4.63. The molecule has 3 rings (SSSR count). The smallest absolute Gasteiger partial charge is 0.212 e. The van der Waals surface area contributed by atoms with E-state index in [4.69, 9.17) is 0 Å². The maximum Gasteiger partial charge on any atom is 0.215 e. The summed E-state index contributed by atoms with van der Waals surface area (Å²) in [6, 6.07) is 4.10. The average molecular weight is 346 g/mol. The van der Waals surface area contributed by atoms with Gasteiger partial charge in [-0.1, -0.05) is 27.7 Å². The quantitative estimate of drug-likeness (QED) is 0.574. The van der Waals surface area contributed by atoms with Crippen molar-refractivity contribution in [2.45, 2.75) is 72.3 Å². The second-order valence-electron chi connectivity index (χ2n) is 7.93. The first-order valence-corrected chi connectivity index (χ1v) is 9.64. The van der Waals surface area contributed by atoms with Crippen LogP contribution >= 0.6 is 0 Å². The predicted octanol–water partition coefficient (Wildman–Crippen LogP) is 6.17. The van der Waals surface area contributed by atoms with Crippen molar-refractivity contribution in [2.75, 3.05) is 0 Å². The first-order valence-electron chi connectivity index (χ1n) is 9.64. The minimum absolute atomic E-state index is 0.116. The molecule has 0 N–H and O–H groups in total. The van der Waals surface area contributed by atoms with Gasteiger partial charge < -0.3 is 0 Å². The number of pyridine rings is 1. The molecule has 0 amide bonds. The van der Waals surface area contributed by atoms with Gasteiger partial charge in [-0.3, -0.25) is 0 Å². The second-order valence-corrected chi connectivity index (χ2v) is 7.93. The molecule has 1 aliphatic heterocycles. The van der Waals surface area contributed by atoms with Crippen molar-refractivity contribution in [3.63, 3.8) is 0 Å². The Labute approximate surface area is 150 Å². The molecule has 1 aliphatic carbocycles. The molecule has 3 unspecified atom stereocenters. The number of hydrogen-bond acceptors (Lipinski definition) is 0. The van der Waals surface area contributed by atoms with E-state index in [0.29, 0.717) is 12.0 Å². The van der Waals surface area contributed by atoms with E-state index in [-0.39, 0.29) is 22.7 Å². The molecule has 0 saturated carbocycles. The average Bonchev–Trinajstić information content (AvgIpc) is 2.58. The van der Waals surface area contributed by atoms with Crippen LogP contribution in [0.3, 0.4) is 0 Å². The third-order valence-electron chi connectivity index (χ3n) is 7.02. The molecule has 3 atom stereocenters. The zero-order valence-corrected chi connectivity index (χ0v) is 16.1. The van der Waals surface area contributed by atoms with Crippen LogP contribution in [0.2, 0.25) is 0 Å². The van der Waals surface area contributed by atoms with Crippen LogP contribution in [0.15, 0.2) is 36.1 Å². The highest BCUT2D eigenvalue weighted by atomic mass is 19.1. The fourth-order valence-electron chi connectivity index (χ4n) is 5.62. The minimum atomic E-state index is -0.391. The fourth-order valence-corrected chi connectivity index (χ4v) is 5.62. The Balaban J connectivity index is 2.44. The zero-order valence-electron chi connectivity index (χ0n) is 16.1. The maximum absolute atomic E-state index is 15.0. The number of nitrogens with zero attached hydrogens (tertiary/aromatic N) is 1. The van der Waals surface area contributed by atoms with Crippen molar-refractivity contribution in [1.82, 2.24) is 0 Å². The molecule has 2 aliphatic rings. The van der Waals surface area contributed by atoms with Crippen molar-refractivity contribution in [1.29, 1.82) is 0 Å². The van der Waals surface area contributed by atoms with Crippen molar-refractivity contribution in [3.8, 4) is 0 Å². The SMILES string of the molecule is CCCC1(CC)[n+]2cccc(C)c2C2=C(F)C=C(F)CC2C1(C)CC. The van der Waals surface area contributed by atoms with Gasteiger partial charge in [0, 0.05) is 48.3 Å². The molecule has 0 bridgehead atoms. The molecule has 3 heteroatoms. The second kappa shape index (κ2) is 6.34. The molecule has 1 aromatic rings. The third kappa shape index (κ3) is 2.34. The van der Waals surface area contributed by atoms with E-state index in [1.165, 1.54) is 0 Å². The van der Waals surface area contributed by atoms with Gasteiger partial charge in [-0.25, -0.2) is 8.78 Å². The highest BCUT2D eigenvalue weighted by Gasteiger charge is 2.63. The normalized spacial score (nSPS) is 31.5. The van der Waals surface area contributed by atoms with Crippen molar-refractivity contribution >= 4 is 5.57 Å². The lowest BCUT2D eigenvalue weighted by molar-refractivity contribution is -0.790. The molecule has 0 aromatic carbocycles. The molecule has 0 fully saturated rings. The van der Waals surface area contributed by atoms with Crippen LogP contribution in [0.5, 0.6) is 0 Å². The Bertz CT molecular complexity index is 748. The van der Waals surface area contributed by atoms with Gasteiger partial charge in [-0.05, 0) is 25.8 Å². The lowest BCUT2D eigenvalue weighted by Gasteiger charge is -2.53. The third-order valence-corrected chi connectivity index (χ3v) is 7.02. The Morgan fingerprint density at radius 3 is 2.52 bits per heavy atom. The highest BCUT2D eigenvalue weighted by molar-refractivity contribution is 5.72.